The first-order chi connectivity index (χ1) is 7.06. The summed E-state index contributed by atoms with van der Waals surface area (Å²) in [6.45, 7) is 3.70. The molecule has 0 saturated heterocycles. The second-order valence-electron chi connectivity index (χ2n) is 3.38. The molecule has 2 nitrogen and oxygen atoms in total. The predicted octanol–water partition coefficient (Wildman–Crippen LogP) is 2.91. The fourth-order valence-electron chi connectivity index (χ4n) is 1.46. The number of carbonyl (C=O) groups is 1. The third kappa shape index (κ3) is 5.44. The van der Waals surface area contributed by atoms with Crippen LogP contribution in [0.5, 0.6) is 0 Å². The van der Waals surface area contributed by atoms with E-state index in [1.165, 1.54) is 4.90 Å². The minimum Gasteiger partial charge on any atom is -0.336 e. The van der Waals surface area contributed by atoms with Crippen molar-refractivity contribution in [2.75, 3.05) is 18.4 Å². The molecule has 0 bridgehead atoms. The van der Waals surface area contributed by atoms with Gasteiger partial charge < -0.3 is 4.90 Å². The predicted molar refractivity (Wildman–Crippen MR) is 60.5 cm³/mol. The van der Waals surface area contributed by atoms with E-state index in [9.17, 15) is 13.6 Å². The number of amides is 1. The van der Waals surface area contributed by atoms with Gasteiger partial charge in [-0.15, -0.1) is 0 Å². The molecule has 0 aliphatic rings. The Morgan fingerprint density at radius 1 is 1.33 bits per heavy atom. The van der Waals surface area contributed by atoms with Crippen molar-refractivity contribution in [3.8, 4) is 0 Å². The van der Waals surface area contributed by atoms with Gasteiger partial charge >= 0.3 is 0 Å². The van der Waals surface area contributed by atoms with E-state index in [1.807, 2.05) is 13.8 Å². The van der Waals surface area contributed by atoms with Gasteiger partial charge in [-0.2, -0.15) is 0 Å². The molecular formula is C10H18BrF2NO. The largest absolute Gasteiger partial charge is 0.336 e. The van der Waals surface area contributed by atoms with Crippen molar-refractivity contribution in [1.29, 1.82) is 0 Å². The van der Waals surface area contributed by atoms with E-state index in [4.69, 9.17) is 0 Å². The van der Waals surface area contributed by atoms with E-state index in [0.717, 1.165) is 0 Å². The third-order valence-corrected chi connectivity index (χ3v) is 2.71. The summed E-state index contributed by atoms with van der Waals surface area (Å²) >= 11 is 3.16. The molecule has 0 N–H and O–H groups in total. The lowest BCUT2D eigenvalue weighted by Crippen LogP contribution is -2.40. The quantitative estimate of drug-likeness (QED) is 0.659. The number of rotatable bonds is 7. The first kappa shape index (κ1) is 14.8. The molecular weight excluding hydrogens is 268 g/mol. The van der Waals surface area contributed by atoms with Crippen molar-refractivity contribution < 1.29 is 13.6 Å². The van der Waals surface area contributed by atoms with E-state index < -0.39 is 13.0 Å². The van der Waals surface area contributed by atoms with Gasteiger partial charge in [0.25, 0.3) is 6.43 Å². The zero-order chi connectivity index (χ0) is 11.8. The smallest absolute Gasteiger partial charge is 0.255 e. The van der Waals surface area contributed by atoms with E-state index in [1.54, 1.807) is 0 Å². The van der Waals surface area contributed by atoms with Crippen molar-refractivity contribution in [3.05, 3.63) is 0 Å². The minimum atomic E-state index is -2.46. The van der Waals surface area contributed by atoms with Crippen molar-refractivity contribution in [2.45, 2.75) is 33.1 Å². The van der Waals surface area contributed by atoms with Crippen molar-refractivity contribution in [2.24, 2.45) is 5.92 Å². The molecule has 0 radical (unpaired) electrons. The van der Waals surface area contributed by atoms with Crippen LogP contribution in [0.4, 0.5) is 8.78 Å². The number of hydrogen-bond acceptors (Lipinski definition) is 1. The number of carbonyl (C=O) groups excluding carboxylic acids is 1. The standard InChI is InChI=1S/C10H18BrF2NO/c1-3-8(4-2)10(15)14(6-5-11)7-9(12)13/h8-9H,3-7H2,1-2H3. The zero-order valence-electron chi connectivity index (χ0n) is 9.18. The Hall–Kier alpha value is -0.190. The molecule has 0 rings (SSSR count). The van der Waals surface area contributed by atoms with E-state index in [0.29, 0.717) is 24.7 Å². The SMILES string of the molecule is CCC(CC)C(=O)N(CCBr)CC(F)F. The van der Waals surface area contributed by atoms with Gasteiger partial charge in [0.05, 0.1) is 6.54 Å². The first-order valence-electron chi connectivity index (χ1n) is 5.19. The van der Waals surface area contributed by atoms with Crippen molar-refractivity contribution in [3.63, 3.8) is 0 Å². The fraction of sp³-hybridized carbons (Fsp3) is 0.900. The summed E-state index contributed by atoms with van der Waals surface area (Å²) in [6, 6.07) is 0. The molecule has 5 heteroatoms. The van der Waals surface area contributed by atoms with Gasteiger partial charge in [0, 0.05) is 17.8 Å². The highest BCUT2D eigenvalue weighted by Gasteiger charge is 2.23. The topological polar surface area (TPSA) is 20.3 Å². The van der Waals surface area contributed by atoms with E-state index >= 15 is 0 Å². The van der Waals surface area contributed by atoms with Crippen LogP contribution in [0.3, 0.4) is 0 Å². The average molecular weight is 286 g/mol. The number of hydrogen-bond donors (Lipinski definition) is 0. The van der Waals surface area contributed by atoms with Crippen LogP contribution in [0.25, 0.3) is 0 Å². The maximum absolute atomic E-state index is 12.2. The van der Waals surface area contributed by atoms with Crippen molar-refractivity contribution >= 4 is 21.8 Å². The second kappa shape index (κ2) is 8.02. The Kier molecular flexibility index (Phi) is 7.92. The van der Waals surface area contributed by atoms with Gasteiger partial charge in [-0.3, -0.25) is 4.79 Å². The average Bonchev–Trinajstić information content (AvgIpc) is 2.18. The molecule has 15 heavy (non-hydrogen) atoms. The third-order valence-electron chi connectivity index (χ3n) is 2.36. The molecule has 0 aromatic carbocycles. The van der Waals surface area contributed by atoms with Gasteiger partial charge in [-0.05, 0) is 12.8 Å². The molecule has 0 unspecified atom stereocenters. The second-order valence-corrected chi connectivity index (χ2v) is 4.17. The molecule has 0 saturated carbocycles. The van der Waals surface area contributed by atoms with Crippen LogP contribution in [-0.4, -0.2) is 35.7 Å². The van der Waals surface area contributed by atoms with Crippen LogP contribution >= 0.6 is 15.9 Å². The van der Waals surface area contributed by atoms with Crippen LogP contribution < -0.4 is 0 Å². The summed E-state index contributed by atoms with van der Waals surface area (Å²) in [7, 11) is 0. The molecule has 1 amide bonds. The van der Waals surface area contributed by atoms with Gasteiger partial charge in [-0.25, -0.2) is 8.78 Å². The Labute approximate surface area is 98.1 Å². The molecule has 0 fully saturated rings. The summed E-state index contributed by atoms with van der Waals surface area (Å²) in [5.74, 6) is -0.275. The molecule has 0 aliphatic heterocycles. The molecule has 0 heterocycles. The number of alkyl halides is 3. The van der Waals surface area contributed by atoms with Gasteiger partial charge in [0.2, 0.25) is 5.91 Å². The lowest BCUT2D eigenvalue weighted by Gasteiger charge is -2.25. The Morgan fingerprint density at radius 3 is 2.20 bits per heavy atom. The molecule has 90 valence electrons. The number of nitrogens with zero attached hydrogens (tertiary/aromatic N) is 1. The minimum absolute atomic E-state index is 0.122. The maximum Gasteiger partial charge on any atom is 0.255 e. The van der Waals surface area contributed by atoms with Crippen LogP contribution in [0.2, 0.25) is 0 Å². The Morgan fingerprint density at radius 2 is 1.87 bits per heavy atom. The van der Waals surface area contributed by atoms with Crippen LogP contribution in [0, 0.1) is 5.92 Å². The lowest BCUT2D eigenvalue weighted by atomic mass is 10.0. The van der Waals surface area contributed by atoms with Gasteiger partial charge in [0.15, 0.2) is 0 Å². The van der Waals surface area contributed by atoms with Gasteiger partial charge in [-0.1, -0.05) is 29.8 Å². The number of halogens is 3. The van der Waals surface area contributed by atoms with E-state index in [-0.39, 0.29) is 11.8 Å². The lowest BCUT2D eigenvalue weighted by molar-refractivity contribution is -0.137. The highest BCUT2D eigenvalue weighted by Crippen LogP contribution is 2.13. The summed E-state index contributed by atoms with van der Waals surface area (Å²) < 4.78 is 24.5. The summed E-state index contributed by atoms with van der Waals surface area (Å²) in [5.41, 5.74) is 0. The molecule has 0 atom stereocenters. The van der Waals surface area contributed by atoms with Crippen LogP contribution in [0.1, 0.15) is 26.7 Å². The summed E-state index contributed by atoms with van der Waals surface area (Å²) in [6.07, 6.45) is -1.04. The molecule has 0 aromatic rings. The normalized spacial score (nSPS) is 11.1. The van der Waals surface area contributed by atoms with Crippen LogP contribution in [0.15, 0.2) is 0 Å². The molecule has 0 aromatic heterocycles. The fourth-order valence-corrected chi connectivity index (χ4v) is 1.88. The van der Waals surface area contributed by atoms with E-state index in [2.05, 4.69) is 15.9 Å². The first-order valence-corrected chi connectivity index (χ1v) is 6.31. The highest BCUT2D eigenvalue weighted by molar-refractivity contribution is 9.09. The Bertz CT molecular complexity index is 186. The van der Waals surface area contributed by atoms with Gasteiger partial charge in [0.1, 0.15) is 0 Å². The van der Waals surface area contributed by atoms with Crippen molar-refractivity contribution in [1.82, 2.24) is 4.90 Å². The maximum atomic E-state index is 12.2. The molecule has 0 spiro atoms. The Balaban J connectivity index is 4.38. The molecule has 0 aliphatic carbocycles. The zero-order valence-corrected chi connectivity index (χ0v) is 10.8. The summed E-state index contributed by atoms with van der Waals surface area (Å²) in [4.78, 5) is 13.0. The van der Waals surface area contributed by atoms with Crippen LogP contribution in [-0.2, 0) is 4.79 Å². The highest BCUT2D eigenvalue weighted by atomic mass is 79.9. The summed E-state index contributed by atoms with van der Waals surface area (Å²) in [5, 5.41) is 0.533. The monoisotopic (exact) mass is 285 g/mol.